The molecule has 1 aliphatic rings. The van der Waals surface area contributed by atoms with Gasteiger partial charge < -0.3 is 9.64 Å². The monoisotopic (exact) mass is 350 g/mol. The van der Waals surface area contributed by atoms with Crippen molar-refractivity contribution in [2.24, 2.45) is 5.92 Å². The van der Waals surface area contributed by atoms with Crippen molar-refractivity contribution in [1.29, 1.82) is 0 Å². The zero-order valence-corrected chi connectivity index (χ0v) is 14.6. The number of thiazole rings is 1. The van der Waals surface area contributed by atoms with Crippen LogP contribution >= 0.6 is 22.9 Å². The van der Waals surface area contributed by atoms with Crippen molar-refractivity contribution in [2.45, 2.75) is 20.0 Å². The predicted molar refractivity (Wildman–Crippen MR) is 92.0 cm³/mol. The molecule has 1 aromatic carbocycles. The molecule has 0 spiro atoms. The van der Waals surface area contributed by atoms with Gasteiger partial charge in [-0.3, -0.25) is 4.79 Å². The van der Waals surface area contributed by atoms with E-state index in [9.17, 15) is 4.79 Å². The molecule has 23 heavy (non-hydrogen) atoms. The maximum atomic E-state index is 12.5. The Bertz CT molecular complexity index is 674. The van der Waals surface area contributed by atoms with Gasteiger partial charge >= 0.3 is 0 Å². The smallest absolute Gasteiger partial charge is 0.273 e. The lowest BCUT2D eigenvalue weighted by Gasteiger charge is -2.16. The van der Waals surface area contributed by atoms with Crippen LogP contribution in [0.4, 0.5) is 0 Å². The second-order valence-corrected chi connectivity index (χ2v) is 7.56. The van der Waals surface area contributed by atoms with Crippen LogP contribution in [0.1, 0.15) is 27.3 Å². The van der Waals surface area contributed by atoms with Crippen molar-refractivity contribution in [3.05, 3.63) is 50.9 Å². The van der Waals surface area contributed by atoms with Gasteiger partial charge in [0.25, 0.3) is 5.91 Å². The van der Waals surface area contributed by atoms with E-state index in [1.165, 1.54) is 16.9 Å². The largest absolute Gasteiger partial charge is 0.376 e. The minimum atomic E-state index is -0.0174. The van der Waals surface area contributed by atoms with E-state index in [1.807, 2.05) is 30.0 Å². The molecular formula is C17H19ClN2O2S. The average molecular weight is 351 g/mol. The standard InChI is InChI=1S/C17H19ClN2O2S/c1-12-15(19-17(18)23-12)16(21)20-8-7-14(9-20)11-22-10-13-5-3-2-4-6-13/h2-6,14H,7-11H2,1H3/t14-/m0/s1. The molecule has 1 aromatic heterocycles. The Hall–Kier alpha value is -1.43. The van der Waals surface area contributed by atoms with Gasteiger partial charge in [-0.05, 0) is 18.9 Å². The van der Waals surface area contributed by atoms with Crippen LogP contribution in [-0.4, -0.2) is 35.5 Å². The summed E-state index contributed by atoms with van der Waals surface area (Å²) >= 11 is 7.24. The minimum Gasteiger partial charge on any atom is -0.376 e. The van der Waals surface area contributed by atoms with Gasteiger partial charge in [0.05, 0.1) is 13.2 Å². The van der Waals surface area contributed by atoms with Crippen molar-refractivity contribution >= 4 is 28.8 Å². The number of hydrogen-bond donors (Lipinski definition) is 0. The molecule has 4 nitrogen and oxygen atoms in total. The molecule has 2 heterocycles. The lowest BCUT2D eigenvalue weighted by molar-refractivity contribution is 0.0728. The van der Waals surface area contributed by atoms with E-state index in [0.717, 1.165) is 24.4 Å². The fourth-order valence-electron chi connectivity index (χ4n) is 2.78. The summed E-state index contributed by atoms with van der Waals surface area (Å²) in [5.74, 6) is 0.369. The van der Waals surface area contributed by atoms with E-state index in [4.69, 9.17) is 16.3 Å². The average Bonchev–Trinajstić information content (AvgIpc) is 3.14. The number of carbonyl (C=O) groups is 1. The van der Waals surface area contributed by atoms with E-state index >= 15 is 0 Å². The molecule has 2 aromatic rings. The van der Waals surface area contributed by atoms with Gasteiger partial charge in [0.15, 0.2) is 4.47 Å². The third kappa shape index (κ3) is 4.10. The number of nitrogens with zero attached hydrogens (tertiary/aromatic N) is 2. The van der Waals surface area contributed by atoms with Gasteiger partial charge in [-0.1, -0.05) is 41.9 Å². The van der Waals surface area contributed by atoms with Crippen molar-refractivity contribution in [2.75, 3.05) is 19.7 Å². The molecule has 0 N–H and O–H groups in total. The fraction of sp³-hybridized carbons (Fsp3) is 0.412. The first-order valence-corrected chi connectivity index (χ1v) is 8.87. The fourth-order valence-corrected chi connectivity index (χ4v) is 3.83. The highest BCUT2D eigenvalue weighted by Gasteiger charge is 2.29. The summed E-state index contributed by atoms with van der Waals surface area (Å²) in [6, 6.07) is 10.1. The van der Waals surface area contributed by atoms with Gasteiger partial charge in [0.1, 0.15) is 5.69 Å². The first kappa shape index (κ1) is 16.4. The minimum absolute atomic E-state index is 0.0174. The summed E-state index contributed by atoms with van der Waals surface area (Å²) in [5.41, 5.74) is 1.66. The van der Waals surface area contributed by atoms with Gasteiger partial charge in [0.2, 0.25) is 0 Å². The second-order valence-electron chi connectivity index (χ2n) is 5.78. The van der Waals surface area contributed by atoms with Gasteiger partial charge in [-0.15, -0.1) is 11.3 Å². The Morgan fingerprint density at radius 3 is 2.91 bits per heavy atom. The zero-order chi connectivity index (χ0) is 16.2. The normalized spacial score (nSPS) is 17.7. The van der Waals surface area contributed by atoms with Gasteiger partial charge in [0, 0.05) is 23.9 Å². The van der Waals surface area contributed by atoms with Crippen molar-refractivity contribution in [1.82, 2.24) is 9.88 Å². The summed E-state index contributed by atoms with van der Waals surface area (Å²) in [7, 11) is 0. The van der Waals surface area contributed by atoms with E-state index in [0.29, 0.717) is 29.3 Å². The number of carbonyl (C=O) groups excluding carboxylic acids is 1. The van der Waals surface area contributed by atoms with E-state index < -0.39 is 0 Å². The van der Waals surface area contributed by atoms with E-state index in [-0.39, 0.29) is 5.91 Å². The molecule has 0 radical (unpaired) electrons. The van der Waals surface area contributed by atoms with Gasteiger partial charge in [-0.25, -0.2) is 4.98 Å². The number of aryl methyl sites for hydroxylation is 1. The summed E-state index contributed by atoms with van der Waals surface area (Å²) in [4.78, 5) is 19.4. The molecule has 122 valence electrons. The van der Waals surface area contributed by atoms with E-state index in [2.05, 4.69) is 17.1 Å². The maximum absolute atomic E-state index is 12.5. The predicted octanol–water partition coefficient (Wildman–Crippen LogP) is 3.78. The molecule has 1 aliphatic heterocycles. The summed E-state index contributed by atoms with van der Waals surface area (Å²) < 4.78 is 6.22. The molecule has 0 aliphatic carbocycles. The highest BCUT2D eigenvalue weighted by Crippen LogP contribution is 2.25. The molecule has 1 saturated heterocycles. The quantitative estimate of drug-likeness (QED) is 0.824. The number of likely N-dealkylation sites (tertiary alicyclic amines) is 1. The van der Waals surface area contributed by atoms with Crippen LogP contribution in [0.25, 0.3) is 0 Å². The number of rotatable bonds is 5. The lowest BCUT2D eigenvalue weighted by atomic mass is 10.1. The Morgan fingerprint density at radius 1 is 1.43 bits per heavy atom. The van der Waals surface area contributed by atoms with Crippen LogP contribution in [-0.2, 0) is 11.3 Å². The van der Waals surface area contributed by atoms with Crippen LogP contribution in [0.15, 0.2) is 30.3 Å². The molecule has 0 unspecified atom stereocenters. The number of aromatic nitrogens is 1. The first-order valence-electron chi connectivity index (χ1n) is 7.67. The molecule has 0 bridgehead atoms. The second kappa shape index (κ2) is 7.43. The molecule has 1 fully saturated rings. The Kier molecular flexibility index (Phi) is 5.30. The topological polar surface area (TPSA) is 42.4 Å². The highest BCUT2D eigenvalue weighted by atomic mass is 35.5. The summed E-state index contributed by atoms with van der Waals surface area (Å²) in [6.07, 6.45) is 0.970. The van der Waals surface area contributed by atoms with Crippen molar-refractivity contribution in [3.8, 4) is 0 Å². The molecule has 1 atom stereocenters. The van der Waals surface area contributed by atoms with Crippen LogP contribution < -0.4 is 0 Å². The maximum Gasteiger partial charge on any atom is 0.273 e. The summed E-state index contributed by atoms with van der Waals surface area (Å²) in [5, 5.41) is 0. The van der Waals surface area contributed by atoms with Crippen LogP contribution in [0.2, 0.25) is 4.47 Å². The SMILES string of the molecule is Cc1sc(Cl)nc1C(=O)N1CC[C@H](COCc2ccccc2)C1. The Balaban J connectivity index is 1.48. The number of benzene rings is 1. The molecule has 6 heteroatoms. The van der Waals surface area contributed by atoms with Crippen LogP contribution in [0, 0.1) is 12.8 Å². The van der Waals surface area contributed by atoms with Crippen LogP contribution in [0.5, 0.6) is 0 Å². The molecule has 1 amide bonds. The third-order valence-corrected chi connectivity index (χ3v) is 5.09. The Labute approximate surface area is 145 Å². The highest BCUT2D eigenvalue weighted by molar-refractivity contribution is 7.15. The lowest BCUT2D eigenvalue weighted by Crippen LogP contribution is -2.30. The number of ether oxygens (including phenoxy) is 1. The Morgan fingerprint density at radius 2 is 2.22 bits per heavy atom. The number of halogens is 1. The number of amides is 1. The number of hydrogen-bond acceptors (Lipinski definition) is 4. The third-order valence-electron chi connectivity index (χ3n) is 4.01. The molecule has 0 saturated carbocycles. The van der Waals surface area contributed by atoms with Gasteiger partial charge in [-0.2, -0.15) is 0 Å². The molecular weight excluding hydrogens is 332 g/mol. The van der Waals surface area contributed by atoms with E-state index in [1.54, 1.807) is 0 Å². The zero-order valence-electron chi connectivity index (χ0n) is 13.0. The molecule has 3 rings (SSSR count). The summed E-state index contributed by atoms with van der Waals surface area (Å²) in [6.45, 7) is 4.66. The first-order chi connectivity index (χ1) is 11.1. The van der Waals surface area contributed by atoms with Crippen LogP contribution in [0.3, 0.4) is 0 Å². The van der Waals surface area contributed by atoms with Crippen molar-refractivity contribution in [3.63, 3.8) is 0 Å². The van der Waals surface area contributed by atoms with Crippen molar-refractivity contribution < 1.29 is 9.53 Å².